The third kappa shape index (κ3) is 5.17. The van der Waals surface area contributed by atoms with Crippen molar-refractivity contribution in [2.45, 2.75) is 49.1 Å². The Labute approximate surface area is 187 Å². The van der Waals surface area contributed by atoms with Crippen molar-refractivity contribution in [2.75, 3.05) is 13.1 Å². The molecule has 2 heterocycles. The maximum Gasteiger partial charge on any atom is 0.231 e. The molecule has 4 rings (SSSR count). The van der Waals surface area contributed by atoms with Crippen molar-refractivity contribution in [3.05, 3.63) is 72.1 Å². The van der Waals surface area contributed by atoms with Crippen molar-refractivity contribution >= 4 is 17.7 Å². The van der Waals surface area contributed by atoms with Crippen LogP contribution < -0.4 is 5.73 Å². The normalized spacial score (nSPS) is 16.7. The van der Waals surface area contributed by atoms with Gasteiger partial charge in [-0.3, -0.25) is 14.3 Å². The molecule has 1 saturated heterocycles. The van der Waals surface area contributed by atoms with E-state index in [1.165, 1.54) is 31.0 Å². The van der Waals surface area contributed by atoms with Crippen molar-refractivity contribution in [3.8, 4) is 5.69 Å². The Hall–Kier alpha value is -2.64. The summed E-state index contributed by atoms with van der Waals surface area (Å²) in [5.74, 6) is 0.556. The summed E-state index contributed by atoms with van der Waals surface area (Å²) in [5.41, 5.74) is 7.85. The Balaban J connectivity index is 1.66. The fraction of sp³-hybridized carbons (Fsp3) is 0.375. The molecule has 0 radical (unpaired) electrons. The van der Waals surface area contributed by atoms with Crippen molar-refractivity contribution in [1.82, 2.24) is 19.7 Å². The van der Waals surface area contributed by atoms with Gasteiger partial charge in [-0.2, -0.15) is 0 Å². The average Bonchev–Trinajstić information content (AvgIpc) is 3.23. The second-order valence-electron chi connectivity index (χ2n) is 7.98. The second kappa shape index (κ2) is 10.1. The third-order valence-electron chi connectivity index (χ3n) is 5.81. The molecule has 0 unspecified atom stereocenters. The van der Waals surface area contributed by atoms with Gasteiger partial charge in [0.1, 0.15) is 0 Å². The zero-order valence-corrected chi connectivity index (χ0v) is 18.7. The van der Waals surface area contributed by atoms with Gasteiger partial charge in [0.2, 0.25) is 5.91 Å². The molecule has 1 aliphatic heterocycles. The maximum atomic E-state index is 12.3. The Bertz CT molecular complexity index is 986. The number of carbonyl (C=O) groups is 1. The molecular weight excluding hydrogens is 406 g/mol. The first-order valence-electron chi connectivity index (χ1n) is 10.9. The van der Waals surface area contributed by atoms with Gasteiger partial charge < -0.3 is 5.73 Å². The molecule has 2 N–H and O–H groups in total. The number of nitrogens with two attached hydrogens (primary N) is 1. The Morgan fingerprint density at radius 3 is 2.29 bits per heavy atom. The van der Waals surface area contributed by atoms with Crippen molar-refractivity contribution in [1.29, 1.82) is 0 Å². The molecule has 7 heteroatoms. The van der Waals surface area contributed by atoms with Crippen LogP contribution in [0.1, 0.15) is 43.6 Å². The van der Waals surface area contributed by atoms with Gasteiger partial charge in [-0.05, 0) is 57.0 Å². The van der Waals surface area contributed by atoms with E-state index < -0.39 is 5.25 Å². The predicted molar refractivity (Wildman–Crippen MR) is 124 cm³/mol. The van der Waals surface area contributed by atoms with E-state index in [0.29, 0.717) is 11.6 Å². The lowest BCUT2D eigenvalue weighted by Crippen LogP contribution is -2.33. The highest BCUT2D eigenvalue weighted by Gasteiger charge is 2.28. The van der Waals surface area contributed by atoms with Crippen LogP contribution in [0, 0.1) is 0 Å². The summed E-state index contributed by atoms with van der Waals surface area (Å²) in [6, 6.07) is 20.2. The number of piperidine rings is 1. The van der Waals surface area contributed by atoms with Gasteiger partial charge in [0.15, 0.2) is 11.0 Å². The van der Waals surface area contributed by atoms with Crippen LogP contribution in [0.2, 0.25) is 0 Å². The fourth-order valence-electron chi connectivity index (χ4n) is 4.07. The number of aromatic nitrogens is 3. The summed E-state index contributed by atoms with van der Waals surface area (Å²) < 4.78 is 2.09. The maximum absolute atomic E-state index is 12.3. The predicted octanol–water partition coefficient (Wildman–Crippen LogP) is 4.00. The lowest BCUT2D eigenvalue weighted by molar-refractivity contribution is -0.117. The summed E-state index contributed by atoms with van der Waals surface area (Å²) in [4.78, 5) is 14.7. The van der Waals surface area contributed by atoms with Gasteiger partial charge in [0, 0.05) is 5.69 Å². The number of rotatable bonds is 8. The standard InChI is InChI=1S/C24H29N5OS/c1-18(28-15-9-4-10-16-28)23-26-27-24(29(23)20-13-7-3-8-14-20)31-21(22(25)30)17-19-11-5-2-6-12-19/h2-3,5-8,11-14,18,21H,4,9-10,15-17H2,1H3,(H2,25,30)/t18-,21+/m0/s1. The molecule has 2 aromatic carbocycles. The van der Waals surface area contributed by atoms with Crippen LogP contribution in [0.15, 0.2) is 65.8 Å². The number of carbonyl (C=O) groups excluding carboxylic acids is 1. The minimum Gasteiger partial charge on any atom is -0.369 e. The van der Waals surface area contributed by atoms with Gasteiger partial charge in [-0.1, -0.05) is 66.7 Å². The number of thioether (sulfide) groups is 1. The number of hydrogen-bond acceptors (Lipinski definition) is 5. The van der Waals surface area contributed by atoms with Crippen LogP contribution in [0.4, 0.5) is 0 Å². The summed E-state index contributed by atoms with van der Waals surface area (Å²) in [6.45, 7) is 4.34. The molecule has 1 aliphatic rings. The van der Waals surface area contributed by atoms with E-state index >= 15 is 0 Å². The highest BCUT2D eigenvalue weighted by molar-refractivity contribution is 8.00. The Morgan fingerprint density at radius 1 is 1.00 bits per heavy atom. The largest absolute Gasteiger partial charge is 0.369 e. The highest BCUT2D eigenvalue weighted by atomic mass is 32.2. The van der Waals surface area contributed by atoms with Gasteiger partial charge in [-0.15, -0.1) is 10.2 Å². The lowest BCUT2D eigenvalue weighted by atomic mass is 10.1. The number of likely N-dealkylation sites (tertiary alicyclic amines) is 1. The molecule has 3 aromatic rings. The first kappa shape index (κ1) is 21.6. The monoisotopic (exact) mass is 435 g/mol. The van der Waals surface area contributed by atoms with Crippen LogP contribution >= 0.6 is 11.8 Å². The summed E-state index contributed by atoms with van der Waals surface area (Å²) in [6.07, 6.45) is 4.27. The zero-order valence-electron chi connectivity index (χ0n) is 17.9. The van der Waals surface area contributed by atoms with Crippen LogP contribution in [-0.2, 0) is 11.2 Å². The summed E-state index contributed by atoms with van der Waals surface area (Å²) >= 11 is 1.39. The van der Waals surface area contributed by atoms with Crippen molar-refractivity contribution < 1.29 is 4.79 Å². The molecule has 1 fully saturated rings. The van der Waals surface area contributed by atoms with Crippen LogP contribution in [0.3, 0.4) is 0 Å². The van der Waals surface area contributed by atoms with Gasteiger partial charge in [0.05, 0.1) is 11.3 Å². The minimum atomic E-state index is -0.424. The van der Waals surface area contributed by atoms with E-state index in [0.717, 1.165) is 30.2 Å². The zero-order chi connectivity index (χ0) is 21.6. The van der Waals surface area contributed by atoms with Crippen LogP contribution in [0.25, 0.3) is 5.69 Å². The number of amides is 1. The van der Waals surface area contributed by atoms with E-state index in [1.54, 1.807) is 0 Å². The van der Waals surface area contributed by atoms with Gasteiger partial charge in [0.25, 0.3) is 0 Å². The molecule has 6 nitrogen and oxygen atoms in total. The van der Waals surface area contributed by atoms with E-state index in [1.807, 2.05) is 48.5 Å². The number of para-hydroxylation sites is 1. The number of hydrogen-bond donors (Lipinski definition) is 1. The Morgan fingerprint density at radius 2 is 1.65 bits per heavy atom. The van der Waals surface area contributed by atoms with E-state index in [-0.39, 0.29) is 11.9 Å². The average molecular weight is 436 g/mol. The molecule has 1 amide bonds. The summed E-state index contributed by atoms with van der Waals surface area (Å²) in [5, 5.41) is 9.37. The molecule has 0 saturated carbocycles. The van der Waals surface area contributed by atoms with E-state index in [9.17, 15) is 4.79 Å². The van der Waals surface area contributed by atoms with Crippen LogP contribution in [-0.4, -0.2) is 43.9 Å². The highest BCUT2D eigenvalue weighted by Crippen LogP contribution is 2.32. The molecule has 1 aromatic heterocycles. The van der Waals surface area contributed by atoms with Gasteiger partial charge >= 0.3 is 0 Å². The molecule has 31 heavy (non-hydrogen) atoms. The van der Waals surface area contributed by atoms with Crippen molar-refractivity contribution in [3.63, 3.8) is 0 Å². The quantitative estimate of drug-likeness (QED) is 0.541. The summed E-state index contributed by atoms with van der Waals surface area (Å²) in [7, 11) is 0. The van der Waals surface area contributed by atoms with Crippen molar-refractivity contribution in [2.24, 2.45) is 5.73 Å². The minimum absolute atomic E-state index is 0.142. The number of primary amides is 1. The smallest absolute Gasteiger partial charge is 0.231 e. The van der Waals surface area contributed by atoms with Crippen LogP contribution in [0.5, 0.6) is 0 Å². The van der Waals surface area contributed by atoms with E-state index in [2.05, 4.69) is 38.7 Å². The molecule has 0 aliphatic carbocycles. The molecule has 0 bridgehead atoms. The second-order valence-corrected chi connectivity index (χ2v) is 9.15. The lowest BCUT2D eigenvalue weighted by Gasteiger charge is -2.32. The molecule has 2 atom stereocenters. The Kier molecular flexibility index (Phi) is 7.04. The molecular formula is C24H29N5OS. The first-order chi connectivity index (χ1) is 15.1. The molecule has 0 spiro atoms. The first-order valence-corrected chi connectivity index (χ1v) is 11.8. The fourth-order valence-corrected chi connectivity index (χ4v) is 5.11. The SMILES string of the molecule is C[C@@H](c1nnc(S[C@H](Cc2ccccc2)C(N)=O)n1-c1ccccc1)N1CCCCC1. The van der Waals surface area contributed by atoms with E-state index in [4.69, 9.17) is 5.73 Å². The topological polar surface area (TPSA) is 77.0 Å². The number of benzene rings is 2. The van der Waals surface area contributed by atoms with Gasteiger partial charge in [-0.25, -0.2) is 0 Å². The third-order valence-corrected chi connectivity index (χ3v) is 6.97. The molecule has 162 valence electrons. The number of nitrogens with zero attached hydrogens (tertiary/aromatic N) is 4.